The number of piperidine rings is 1. The minimum atomic E-state index is 0.0421. The summed E-state index contributed by atoms with van der Waals surface area (Å²) in [6.07, 6.45) is 6.94. The standard InChI is InChI=1S/C17H18N6O/c18-17-21-15(10-14-5-8-20-23(14)17)13-2-1-9-22(11-13)16(24)12-3-6-19-7-4-12/h3-8,10,13H,1-2,9,11H2,(H2,18,21)/t13-/m1/s1. The van der Waals surface area contributed by atoms with Crippen LogP contribution in [0.2, 0.25) is 0 Å². The molecule has 1 saturated heterocycles. The Morgan fingerprint density at radius 1 is 1.21 bits per heavy atom. The minimum Gasteiger partial charge on any atom is -0.368 e. The molecule has 7 heteroatoms. The Balaban J connectivity index is 1.59. The Morgan fingerprint density at radius 2 is 2.04 bits per heavy atom. The average molecular weight is 322 g/mol. The second-order valence-corrected chi connectivity index (χ2v) is 6.03. The summed E-state index contributed by atoms with van der Waals surface area (Å²) in [6, 6.07) is 7.42. The van der Waals surface area contributed by atoms with Crippen molar-refractivity contribution in [3.8, 4) is 0 Å². The molecule has 24 heavy (non-hydrogen) atoms. The van der Waals surface area contributed by atoms with Crippen molar-refractivity contribution in [1.29, 1.82) is 0 Å². The number of hydrogen-bond acceptors (Lipinski definition) is 5. The highest BCUT2D eigenvalue weighted by atomic mass is 16.2. The topological polar surface area (TPSA) is 89.4 Å². The zero-order valence-electron chi connectivity index (χ0n) is 13.2. The van der Waals surface area contributed by atoms with Crippen LogP contribution in [0.1, 0.15) is 34.8 Å². The van der Waals surface area contributed by atoms with E-state index in [-0.39, 0.29) is 11.8 Å². The van der Waals surface area contributed by atoms with Crippen molar-refractivity contribution in [3.63, 3.8) is 0 Å². The highest BCUT2D eigenvalue weighted by Crippen LogP contribution is 2.28. The van der Waals surface area contributed by atoms with Gasteiger partial charge in [0.15, 0.2) is 0 Å². The first-order chi connectivity index (χ1) is 11.7. The van der Waals surface area contributed by atoms with Crippen molar-refractivity contribution in [2.75, 3.05) is 18.8 Å². The lowest BCUT2D eigenvalue weighted by Crippen LogP contribution is -2.39. The Labute approximate surface area is 139 Å². The number of nitrogens with two attached hydrogens (primary N) is 1. The van der Waals surface area contributed by atoms with Crippen molar-refractivity contribution in [2.45, 2.75) is 18.8 Å². The van der Waals surface area contributed by atoms with E-state index in [0.29, 0.717) is 18.1 Å². The molecular weight excluding hydrogens is 304 g/mol. The van der Waals surface area contributed by atoms with Gasteiger partial charge >= 0.3 is 0 Å². The lowest BCUT2D eigenvalue weighted by molar-refractivity contribution is 0.0706. The lowest BCUT2D eigenvalue weighted by Gasteiger charge is -2.32. The number of anilines is 1. The predicted octanol–water partition coefficient (Wildman–Crippen LogP) is 1.73. The van der Waals surface area contributed by atoms with Crippen molar-refractivity contribution in [1.82, 2.24) is 24.5 Å². The van der Waals surface area contributed by atoms with Gasteiger partial charge in [-0.2, -0.15) is 5.10 Å². The number of nitrogens with zero attached hydrogens (tertiary/aromatic N) is 5. The van der Waals surface area contributed by atoms with Crippen molar-refractivity contribution in [3.05, 3.63) is 54.1 Å². The molecular formula is C17H18N6O. The molecule has 0 aliphatic carbocycles. The van der Waals surface area contributed by atoms with E-state index >= 15 is 0 Å². The fourth-order valence-electron chi connectivity index (χ4n) is 3.27. The quantitative estimate of drug-likeness (QED) is 0.776. The minimum absolute atomic E-state index is 0.0421. The fourth-order valence-corrected chi connectivity index (χ4v) is 3.27. The van der Waals surface area contributed by atoms with Crippen LogP contribution in [0.4, 0.5) is 5.95 Å². The molecule has 1 fully saturated rings. The van der Waals surface area contributed by atoms with Gasteiger partial charge in [-0.1, -0.05) is 0 Å². The Bertz CT molecular complexity index is 875. The SMILES string of the molecule is Nc1nc([C@@H]2CCCN(C(=O)c3ccncc3)C2)cc2ccnn12. The largest absolute Gasteiger partial charge is 0.368 e. The summed E-state index contributed by atoms with van der Waals surface area (Å²) in [6.45, 7) is 1.42. The third kappa shape index (κ3) is 2.58. The molecule has 1 aliphatic heterocycles. The smallest absolute Gasteiger partial charge is 0.253 e. The third-order valence-electron chi connectivity index (χ3n) is 4.48. The summed E-state index contributed by atoms with van der Waals surface area (Å²) in [5.74, 6) is 0.609. The predicted molar refractivity (Wildman–Crippen MR) is 89.5 cm³/mol. The highest BCUT2D eigenvalue weighted by molar-refractivity contribution is 5.94. The molecule has 1 aliphatic rings. The molecule has 1 amide bonds. The lowest BCUT2D eigenvalue weighted by atomic mass is 9.94. The molecule has 1 atom stereocenters. The van der Waals surface area contributed by atoms with Crippen LogP contribution in [-0.2, 0) is 0 Å². The number of nitrogen functional groups attached to an aromatic ring is 1. The molecule has 3 aromatic rings. The average Bonchev–Trinajstić information content (AvgIpc) is 3.11. The Kier molecular flexibility index (Phi) is 3.60. The van der Waals surface area contributed by atoms with Gasteiger partial charge in [-0.05, 0) is 37.1 Å². The number of pyridine rings is 1. The maximum Gasteiger partial charge on any atom is 0.253 e. The fraction of sp³-hybridized carbons (Fsp3) is 0.294. The van der Waals surface area contributed by atoms with E-state index in [2.05, 4.69) is 15.1 Å². The van der Waals surface area contributed by atoms with Gasteiger partial charge in [-0.15, -0.1) is 0 Å². The summed E-state index contributed by atoms with van der Waals surface area (Å²) < 4.78 is 1.62. The van der Waals surface area contributed by atoms with Crippen LogP contribution in [0.25, 0.3) is 5.52 Å². The number of amides is 1. The number of carbonyl (C=O) groups excluding carboxylic acids is 1. The third-order valence-corrected chi connectivity index (χ3v) is 4.48. The normalized spacial score (nSPS) is 18.0. The van der Waals surface area contributed by atoms with Gasteiger partial charge < -0.3 is 10.6 Å². The monoisotopic (exact) mass is 322 g/mol. The second-order valence-electron chi connectivity index (χ2n) is 6.03. The van der Waals surface area contributed by atoms with E-state index in [4.69, 9.17) is 5.73 Å². The van der Waals surface area contributed by atoms with Gasteiger partial charge in [0.25, 0.3) is 5.91 Å². The first-order valence-corrected chi connectivity index (χ1v) is 8.02. The summed E-state index contributed by atoms with van der Waals surface area (Å²) in [5, 5.41) is 4.15. The van der Waals surface area contributed by atoms with Crippen LogP contribution < -0.4 is 5.73 Å². The van der Waals surface area contributed by atoms with Gasteiger partial charge in [0.05, 0.1) is 17.4 Å². The molecule has 0 spiro atoms. The number of likely N-dealkylation sites (tertiary alicyclic amines) is 1. The van der Waals surface area contributed by atoms with E-state index < -0.39 is 0 Å². The first kappa shape index (κ1) is 14.6. The van der Waals surface area contributed by atoms with Crippen molar-refractivity contribution in [2.24, 2.45) is 0 Å². The molecule has 3 aromatic heterocycles. The summed E-state index contributed by atoms with van der Waals surface area (Å²) in [4.78, 5) is 23.0. The molecule has 4 rings (SSSR count). The molecule has 0 bridgehead atoms. The number of aromatic nitrogens is 4. The Hall–Kier alpha value is -2.96. The molecule has 0 radical (unpaired) electrons. The van der Waals surface area contributed by atoms with Gasteiger partial charge in [-0.25, -0.2) is 9.50 Å². The van der Waals surface area contributed by atoms with Crippen LogP contribution in [0.3, 0.4) is 0 Å². The zero-order chi connectivity index (χ0) is 16.5. The van der Waals surface area contributed by atoms with E-state index in [1.165, 1.54) is 0 Å². The molecule has 122 valence electrons. The van der Waals surface area contributed by atoms with Gasteiger partial charge in [0, 0.05) is 37.0 Å². The number of rotatable bonds is 2. The van der Waals surface area contributed by atoms with Crippen LogP contribution >= 0.6 is 0 Å². The molecule has 7 nitrogen and oxygen atoms in total. The maximum absolute atomic E-state index is 12.7. The molecule has 0 unspecified atom stereocenters. The van der Waals surface area contributed by atoms with Gasteiger partial charge in [0.2, 0.25) is 5.95 Å². The van der Waals surface area contributed by atoms with E-state index in [9.17, 15) is 4.79 Å². The first-order valence-electron chi connectivity index (χ1n) is 8.02. The Morgan fingerprint density at radius 3 is 2.88 bits per heavy atom. The number of fused-ring (bicyclic) bond motifs is 1. The molecule has 4 heterocycles. The van der Waals surface area contributed by atoms with E-state index in [1.807, 2.05) is 17.0 Å². The van der Waals surface area contributed by atoms with Crippen molar-refractivity contribution >= 4 is 17.4 Å². The highest BCUT2D eigenvalue weighted by Gasteiger charge is 2.26. The van der Waals surface area contributed by atoms with Crippen LogP contribution in [0, 0.1) is 0 Å². The van der Waals surface area contributed by atoms with Gasteiger partial charge in [-0.3, -0.25) is 9.78 Å². The molecule has 0 aromatic carbocycles. The van der Waals surface area contributed by atoms with Crippen LogP contribution in [-0.4, -0.2) is 43.5 Å². The van der Waals surface area contributed by atoms with Gasteiger partial charge in [0.1, 0.15) is 0 Å². The second kappa shape index (κ2) is 5.92. The maximum atomic E-state index is 12.7. The van der Waals surface area contributed by atoms with Crippen LogP contribution in [0.15, 0.2) is 42.9 Å². The molecule has 2 N–H and O–H groups in total. The summed E-state index contributed by atoms with van der Waals surface area (Å²) in [7, 11) is 0. The molecule has 0 saturated carbocycles. The number of carbonyl (C=O) groups is 1. The van der Waals surface area contributed by atoms with E-state index in [1.54, 1.807) is 35.2 Å². The zero-order valence-corrected chi connectivity index (χ0v) is 13.2. The van der Waals surface area contributed by atoms with Crippen molar-refractivity contribution < 1.29 is 4.79 Å². The summed E-state index contributed by atoms with van der Waals surface area (Å²) in [5.41, 5.74) is 8.52. The van der Waals surface area contributed by atoms with E-state index in [0.717, 1.165) is 30.6 Å². The van der Waals surface area contributed by atoms with Crippen LogP contribution in [0.5, 0.6) is 0 Å². The number of hydrogen-bond donors (Lipinski definition) is 1. The summed E-state index contributed by atoms with van der Waals surface area (Å²) >= 11 is 0.